The first-order chi connectivity index (χ1) is 1.00. The summed E-state index contributed by atoms with van der Waals surface area (Å²) in [6.45, 7) is 0. The molecule has 0 bridgehead atoms. The van der Waals surface area contributed by atoms with Crippen molar-refractivity contribution in [1.29, 1.82) is 0 Å². The second kappa shape index (κ2) is 120. The Bertz CT molecular complexity index is 6.85. The van der Waals surface area contributed by atoms with E-state index in [-0.39, 0.29) is 27.4 Å². The van der Waals surface area contributed by atoms with E-state index in [0.29, 0.717) is 16.2 Å². The predicted molar refractivity (Wildman–Crippen MR) is 15.1 cm³/mol. The van der Waals surface area contributed by atoms with E-state index in [9.17, 15) is 0 Å². The topological polar surface area (TPSA) is 80.1 Å². The van der Waals surface area contributed by atoms with Crippen LogP contribution in [0.4, 0.5) is 0 Å². The fourth-order valence-electron chi connectivity index (χ4n) is 0. The Labute approximate surface area is 47.9 Å². The van der Waals surface area contributed by atoms with Crippen molar-refractivity contribution in [2.75, 3.05) is 0 Å². The molecule has 36 valence electrons. The van der Waals surface area contributed by atoms with Crippen LogP contribution < -0.4 is 0 Å². The van der Waals surface area contributed by atoms with E-state index in [0.717, 1.165) is 0 Å². The third-order valence-corrected chi connectivity index (χ3v) is 0. The molecule has 0 atom stereocenters. The Morgan fingerprint density at radius 2 is 1.00 bits per heavy atom. The molecular formula is H5AlNiO3. The van der Waals surface area contributed by atoms with E-state index >= 15 is 0 Å². The summed E-state index contributed by atoms with van der Waals surface area (Å²) < 4.78 is 8.28. The average molecular weight is 139 g/mol. The number of hydrogen-bond donors (Lipinski definition) is 0. The summed E-state index contributed by atoms with van der Waals surface area (Å²) in [6.07, 6.45) is 0. The molecule has 0 radical (unpaired) electrons. The van der Waals surface area contributed by atoms with Crippen LogP contribution in [0.3, 0.4) is 0 Å². The van der Waals surface area contributed by atoms with Gasteiger partial charge in [-0.15, -0.1) is 0 Å². The molecule has 0 saturated carbocycles. The van der Waals surface area contributed by atoms with Crippen LogP contribution >= 0.6 is 0 Å². The molecule has 5 heteroatoms. The van der Waals surface area contributed by atoms with Crippen molar-refractivity contribution in [2.45, 2.75) is 0 Å². The van der Waals surface area contributed by atoms with E-state index in [2.05, 4.69) is 0 Å². The minimum absolute atomic E-state index is 0. The van der Waals surface area contributed by atoms with E-state index in [4.69, 9.17) is 3.80 Å². The molecule has 0 rings (SSSR count). The summed E-state index contributed by atoms with van der Waals surface area (Å²) in [5, 5.41) is 0. The third-order valence-electron chi connectivity index (χ3n) is 0. The van der Waals surface area contributed by atoms with Crippen LogP contribution in [0.25, 0.3) is 0 Å². The van der Waals surface area contributed by atoms with Gasteiger partial charge in [0.1, 0.15) is 0 Å². The molecule has 3 nitrogen and oxygen atoms in total. The fourth-order valence-corrected chi connectivity index (χ4v) is 0. The Balaban J connectivity index is -0.00000000167. The van der Waals surface area contributed by atoms with Gasteiger partial charge in [0.15, 0.2) is 0 Å². The number of rotatable bonds is 0. The van der Waals surface area contributed by atoms with E-state index in [1.807, 2.05) is 0 Å². The van der Waals surface area contributed by atoms with Gasteiger partial charge in [-0.3, -0.25) is 0 Å². The van der Waals surface area contributed by atoms with E-state index in [1.54, 1.807) is 0 Å². The van der Waals surface area contributed by atoms with Crippen molar-refractivity contribution < 1.29 is 31.2 Å². The van der Waals surface area contributed by atoms with Crippen LogP contribution in [0.5, 0.6) is 0 Å². The molecule has 5 heavy (non-hydrogen) atoms. The van der Waals surface area contributed by atoms with Crippen molar-refractivity contribution in [1.82, 2.24) is 0 Å². The molecule has 0 aliphatic heterocycles. The molecule has 0 saturated heterocycles. The molecule has 4 N–H and O–H groups in total. The van der Waals surface area contributed by atoms with Gasteiger partial charge in [0.2, 0.25) is 0 Å². The van der Waals surface area contributed by atoms with Gasteiger partial charge >= 0.3 is 20.0 Å². The van der Waals surface area contributed by atoms with Crippen LogP contribution in [0.1, 0.15) is 0 Å². The summed E-state index contributed by atoms with van der Waals surface area (Å²) in [5.74, 6) is 0. The average Bonchev–Trinajstić information content (AvgIpc) is 1.00. The standard InChI is InChI=1S/Al.Ni.2H2O.O.H/h;;2*1H2;;. The molecule has 0 aliphatic carbocycles. The summed E-state index contributed by atoms with van der Waals surface area (Å²) in [7, 11) is 0. The number of hydrogen-bond acceptors (Lipinski definition) is 1. The second-order valence-corrected chi connectivity index (χ2v) is 0. The maximum absolute atomic E-state index is 8.28. The molecule has 0 heterocycles. The van der Waals surface area contributed by atoms with Crippen LogP contribution in [0.2, 0.25) is 0 Å². The Morgan fingerprint density at radius 3 is 1.00 bits per heavy atom. The van der Waals surface area contributed by atoms with Gasteiger partial charge in [-0.05, 0) is 0 Å². The molecule has 0 aromatic rings. The predicted octanol–water partition coefficient (Wildman–Crippen LogP) is -2.42. The summed E-state index contributed by atoms with van der Waals surface area (Å²) in [6, 6.07) is 0. The van der Waals surface area contributed by atoms with Crippen LogP contribution in [0, 0.1) is 0 Å². The summed E-state index contributed by atoms with van der Waals surface area (Å²) in [5.41, 5.74) is 0. The molecule has 0 fully saturated rings. The van der Waals surface area contributed by atoms with Gasteiger partial charge in [-0.25, -0.2) is 0 Å². The van der Waals surface area contributed by atoms with Crippen molar-refractivity contribution in [3.8, 4) is 0 Å². The first kappa shape index (κ1) is 42.5. The quantitative estimate of drug-likeness (QED) is 0.343. The zero-order chi connectivity index (χ0) is 2.00. The van der Waals surface area contributed by atoms with Gasteiger partial charge in [0.25, 0.3) is 0 Å². The van der Waals surface area contributed by atoms with Gasteiger partial charge in [-0.1, -0.05) is 0 Å². The molecule has 0 amide bonds. The van der Waals surface area contributed by atoms with Gasteiger partial charge in [-0.2, -0.15) is 0 Å². The van der Waals surface area contributed by atoms with Gasteiger partial charge in [0.05, 0.1) is 0 Å². The van der Waals surface area contributed by atoms with Crippen LogP contribution in [0.15, 0.2) is 0 Å². The van der Waals surface area contributed by atoms with Crippen LogP contribution in [-0.4, -0.2) is 27.2 Å². The first-order valence-corrected chi connectivity index (χ1v) is 0.866. The van der Waals surface area contributed by atoms with E-state index < -0.39 is 0 Å². The fraction of sp³-hybridized carbons (Fsp3) is 0. The first-order valence-electron chi connectivity index (χ1n) is 0.289. The van der Waals surface area contributed by atoms with Gasteiger partial charge in [0, 0.05) is 16.5 Å². The minimum atomic E-state index is 0. The van der Waals surface area contributed by atoms with Crippen molar-refractivity contribution in [3.63, 3.8) is 0 Å². The van der Waals surface area contributed by atoms with Crippen molar-refractivity contribution >= 4 is 16.2 Å². The van der Waals surface area contributed by atoms with E-state index in [1.165, 1.54) is 0 Å². The Hall–Kier alpha value is 0.746. The maximum atomic E-state index is 8.28. The summed E-state index contributed by atoms with van der Waals surface area (Å²) >= 11 is 0.611. The zero-order valence-electron chi connectivity index (χ0n) is 2.43. The third kappa shape index (κ3) is 64.3. The SMILES string of the molecule is O.O.[Ni].[O]=[AlH]. The molecule has 0 aromatic carbocycles. The van der Waals surface area contributed by atoms with Crippen molar-refractivity contribution in [2.24, 2.45) is 0 Å². The molecular weight excluding hydrogens is 134 g/mol. The normalized spacial score (nSPS) is 0.600. The Morgan fingerprint density at radius 1 is 1.00 bits per heavy atom. The monoisotopic (exact) mass is 138 g/mol. The van der Waals surface area contributed by atoms with Crippen molar-refractivity contribution in [3.05, 3.63) is 0 Å². The second-order valence-electron chi connectivity index (χ2n) is 0. The molecule has 0 aliphatic rings. The summed E-state index contributed by atoms with van der Waals surface area (Å²) in [4.78, 5) is 0. The zero-order valence-corrected chi connectivity index (χ0v) is 4.83. The molecule has 0 aromatic heterocycles. The Kier molecular flexibility index (Phi) is 1020. The molecule has 0 unspecified atom stereocenters. The van der Waals surface area contributed by atoms with Gasteiger partial charge < -0.3 is 11.0 Å². The molecule has 0 spiro atoms. The van der Waals surface area contributed by atoms with Crippen LogP contribution in [-0.2, 0) is 20.3 Å².